The molecule has 3 aromatic carbocycles. The first kappa shape index (κ1) is 28.5. The predicted molar refractivity (Wildman–Crippen MR) is 136 cm³/mol. The normalized spacial score (nSPS) is 10.7. The first-order valence-corrected chi connectivity index (χ1v) is 11.1. The minimum absolute atomic E-state index is 0.00382. The molecule has 0 atom stereocenters. The second-order valence-electron chi connectivity index (χ2n) is 7.66. The third-order valence-electron chi connectivity index (χ3n) is 5.21. The molecule has 39 heavy (non-hydrogen) atoms. The van der Waals surface area contributed by atoms with Crippen molar-refractivity contribution in [2.24, 2.45) is 0 Å². The molecule has 0 aromatic heterocycles. The van der Waals surface area contributed by atoms with Gasteiger partial charge in [-0.2, -0.15) is 13.2 Å². The second kappa shape index (κ2) is 12.0. The Morgan fingerprint density at radius 3 is 1.62 bits per heavy atom. The number of esters is 3. The highest BCUT2D eigenvalue weighted by molar-refractivity contribution is 5.87. The number of hydrogen-bond donors (Lipinski definition) is 0. The Labute approximate surface area is 221 Å². The van der Waals surface area contributed by atoms with E-state index < -0.39 is 29.6 Å². The zero-order valence-electron chi connectivity index (χ0n) is 20.5. The molecule has 200 valence electrons. The van der Waals surface area contributed by atoms with Gasteiger partial charge in [0.05, 0.1) is 12.7 Å². The Balaban J connectivity index is 2.14. The summed E-state index contributed by atoms with van der Waals surface area (Å²) < 4.78 is 63.1. The molecule has 0 saturated heterocycles. The fraction of sp³-hybridized carbons (Fsp3) is 0.0690. The molecule has 0 radical (unpaired) electrons. The molecule has 0 amide bonds. The highest BCUT2D eigenvalue weighted by atomic mass is 19.4. The fourth-order valence-electron chi connectivity index (χ4n) is 3.44. The lowest BCUT2D eigenvalue weighted by Gasteiger charge is -2.17. The van der Waals surface area contributed by atoms with Gasteiger partial charge in [0, 0.05) is 18.2 Å². The molecule has 0 spiro atoms. The summed E-state index contributed by atoms with van der Waals surface area (Å²) >= 11 is 0. The van der Waals surface area contributed by atoms with Gasteiger partial charge >= 0.3 is 24.1 Å². The number of benzene rings is 3. The first-order chi connectivity index (χ1) is 18.5. The van der Waals surface area contributed by atoms with Crippen LogP contribution in [0.15, 0.2) is 92.6 Å². The highest BCUT2D eigenvalue weighted by Gasteiger charge is 2.34. The number of carbonyl (C=O) groups excluding carboxylic acids is 3. The van der Waals surface area contributed by atoms with Gasteiger partial charge in [0.15, 0.2) is 23.0 Å². The Hall–Kier alpha value is -5.12. The molecule has 0 fully saturated rings. The van der Waals surface area contributed by atoms with Crippen LogP contribution in [0, 0.1) is 0 Å². The summed E-state index contributed by atoms with van der Waals surface area (Å²) in [6, 6.07) is 11.5. The number of carbonyl (C=O) groups is 3. The van der Waals surface area contributed by atoms with Crippen molar-refractivity contribution >= 4 is 17.9 Å². The number of hydrogen-bond acceptors (Lipinski definition) is 7. The Morgan fingerprint density at radius 1 is 0.641 bits per heavy atom. The summed E-state index contributed by atoms with van der Waals surface area (Å²) in [6.07, 6.45) is -2.14. The number of rotatable bonds is 9. The molecule has 0 N–H and O–H groups in total. The molecule has 0 aliphatic rings. The quantitative estimate of drug-likeness (QED) is 0.179. The van der Waals surface area contributed by atoms with E-state index in [1.807, 2.05) is 0 Å². The van der Waals surface area contributed by atoms with E-state index in [2.05, 4.69) is 19.7 Å². The number of ether oxygens (including phenoxy) is 4. The van der Waals surface area contributed by atoms with Crippen molar-refractivity contribution in [3.05, 3.63) is 98.1 Å². The van der Waals surface area contributed by atoms with Gasteiger partial charge in [-0.25, -0.2) is 14.4 Å². The van der Waals surface area contributed by atoms with Gasteiger partial charge in [0.2, 0.25) is 0 Å². The zero-order chi connectivity index (χ0) is 28.7. The lowest BCUT2D eigenvalue weighted by molar-refractivity contribution is -0.137. The average molecular weight is 538 g/mol. The molecule has 0 aliphatic carbocycles. The van der Waals surface area contributed by atoms with Gasteiger partial charge in [-0.05, 0) is 52.6 Å². The Bertz CT molecular complexity index is 1470. The smallest absolute Gasteiger partial charge is 0.417 e. The van der Waals surface area contributed by atoms with Gasteiger partial charge in [0.1, 0.15) is 0 Å². The van der Waals surface area contributed by atoms with E-state index in [9.17, 15) is 27.6 Å². The maximum Gasteiger partial charge on any atom is 0.417 e. The molecule has 3 rings (SSSR count). The molecular weight excluding hydrogens is 517 g/mol. The molecule has 0 saturated carbocycles. The van der Waals surface area contributed by atoms with Crippen LogP contribution >= 0.6 is 0 Å². The lowest BCUT2D eigenvalue weighted by Crippen LogP contribution is -2.10. The van der Waals surface area contributed by atoms with Crippen molar-refractivity contribution in [2.75, 3.05) is 7.11 Å². The number of methoxy groups -OCH3 is 1. The standard InChI is InChI=1S/C29H21F3O7/c1-5-26(33)37-23-13-10-19(16-25(23)39-28(35)7-3)20-11-8-17(14-21(20)29(30,31)32)18-9-12-22(36-4)24(15-18)38-27(34)6-2/h5-16H,1-3H2,4H3. The van der Waals surface area contributed by atoms with Crippen molar-refractivity contribution in [2.45, 2.75) is 6.18 Å². The summed E-state index contributed by atoms with van der Waals surface area (Å²) in [5.41, 5.74) is -0.742. The third-order valence-corrected chi connectivity index (χ3v) is 5.21. The average Bonchev–Trinajstić information content (AvgIpc) is 2.92. The fourth-order valence-corrected chi connectivity index (χ4v) is 3.44. The van der Waals surface area contributed by atoms with E-state index in [4.69, 9.17) is 18.9 Å². The second-order valence-corrected chi connectivity index (χ2v) is 7.66. The molecule has 3 aromatic rings. The van der Waals surface area contributed by atoms with Gasteiger partial charge in [0.25, 0.3) is 0 Å². The van der Waals surface area contributed by atoms with Crippen LogP contribution in [-0.2, 0) is 20.6 Å². The molecule has 0 heterocycles. The van der Waals surface area contributed by atoms with Gasteiger partial charge in [-0.15, -0.1) is 0 Å². The molecule has 0 bridgehead atoms. The third kappa shape index (κ3) is 6.80. The molecule has 10 heteroatoms. The van der Waals surface area contributed by atoms with Crippen molar-refractivity contribution in [3.8, 4) is 45.3 Å². The van der Waals surface area contributed by atoms with Crippen LogP contribution in [0.4, 0.5) is 13.2 Å². The largest absolute Gasteiger partial charge is 0.493 e. The van der Waals surface area contributed by atoms with E-state index in [0.717, 1.165) is 30.4 Å². The van der Waals surface area contributed by atoms with Crippen LogP contribution in [0.5, 0.6) is 23.0 Å². The van der Waals surface area contributed by atoms with E-state index in [1.165, 1.54) is 49.6 Å². The zero-order valence-corrected chi connectivity index (χ0v) is 20.5. The lowest BCUT2D eigenvalue weighted by atomic mass is 9.94. The molecule has 0 aliphatic heterocycles. The van der Waals surface area contributed by atoms with Crippen LogP contribution in [0.1, 0.15) is 5.56 Å². The van der Waals surface area contributed by atoms with Crippen molar-refractivity contribution in [1.29, 1.82) is 0 Å². The molecular formula is C29H21F3O7. The van der Waals surface area contributed by atoms with Crippen LogP contribution in [0.3, 0.4) is 0 Å². The topological polar surface area (TPSA) is 88.1 Å². The van der Waals surface area contributed by atoms with Crippen LogP contribution in [0.25, 0.3) is 22.3 Å². The minimum Gasteiger partial charge on any atom is -0.493 e. The summed E-state index contributed by atoms with van der Waals surface area (Å²) in [7, 11) is 1.35. The molecule has 7 nitrogen and oxygen atoms in total. The minimum atomic E-state index is -4.79. The van der Waals surface area contributed by atoms with Gasteiger partial charge in [-0.3, -0.25) is 0 Å². The maximum atomic E-state index is 14.2. The van der Waals surface area contributed by atoms with Crippen molar-refractivity contribution in [1.82, 2.24) is 0 Å². The summed E-state index contributed by atoms with van der Waals surface area (Å²) in [6.45, 7) is 9.87. The van der Waals surface area contributed by atoms with Crippen LogP contribution in [-0.4, -0.2) is 25.0 Å². The first-order valence-electron chi connectivity index (χ1n) is 11.1. The van der Waals surface area contributed by atoms with E-state index in [0.29, 0.717) is 5.56 Å². The van der Waals surface area contributed by atoms with Gasteiger partial charge in [-0.1, -0.05) is 44.0 Å². The van der Waals surface area contributed by atoms with E-state index >= 15 is 0 Å². The van der Waals surface area contributed by atoms with Crippen molar-refractivity contribution in [3.63, 3.8) is 0 Å². The van der Waals surface area contributed by atoms with Crippen LogP contribution < -0.4 is 18.9 Å². The summed E-state index contributed by atoms with van der Waals surface area (Å²) in [5, 5.41) is 0. The maximum absolute atomic E-state index is 14.2. The van der Waals surface area contributed by atoms with Crippen molar-refractivity contribution < 1.29 is 46.5 Å². The Morgan fingerprint density at radius 2 is 1.08 bits per heavy atom. The molecule has 0 unspecified atom stereocenters. The number of halogens is 3. The number of alkyl halides is 3. The monoisotopic (exact) mass is 538 g/mol. The van der Waals surface area contributed by atoms with Gasteiger partial charge < -0.3 is 18.9 Å². The summed E-state index contributed by atoms with van der Waals surface area (Å²) in [5.74, 6) is -2.86. The predicted octanol–water partition coefficient (Wildman–Crippen LogP) is 6.32. The van der Waals surface area contributed by atoms with E-state index in [-0.39, 0.29) is 39.7 Å². The highest BCUT2D eigenvalue weighted by Crippen LogP contribution is 2.42. The SMILES string of the molecule is C=CC(=O)Oc1cc(-c2ccc(-c3ccc(OC(=O)C=C)c(OC(=O)C=C)c3)c(C(F)(F)F)c2)ccc1OC. The Kier molecular flexibility index (Phi) is 8.72. The van der Waals surface area contributed by atoms with Crippen LogP contribution in [0.2, 0.25) is 0 Å². The van der Waals surface area contributed by atoms with E-state index in [1.54, 1.807) is 0 Å². The summed E-state index contributed by atoms with van der Waals surface area (Å²) in [4.78, 5) is 35.1.